The van der Waals surface area contributed by atoms with E-state index in [1.807, 2.05) is 0 Å². The number of hydrogen-bond acceptors (Lipinski definition) is 3. The van der Waals surface area contributed by atoms with Gasteiger partial charge in [0.25, 0.3) is 0 Å². The number of hydrogen-bond donors (Lipinski definition) is 1. The number of nitrogens with zero attached hydrogens (tertiary/aromatic N) is 3. The minimum absolute atomic E-state index is 0.656. The summed E-state index contributed by atoms with van der Waals surface area (Å²) in [5, 5.41) is 0. The molecule has 0 aromatic carbocycles. The normalized spacial score (nSPS) is 13.3. The Morgan fingerprint density at radius 3 is 3.07 bits per heavy atom. The zero-order valence-corrected chi connectivity index (χ0v) is 8.49. The van der Waals surface area contributed by atoms with Gasteiger partial charge in [-0.1, -0.05) is 20.3 Å². The first-order valence-electron chi connectivity index (χ1n) is 4.94. The number of nitrogens with one attached hydrogen (secondary N) is 1. The molecule has 2 rings (SSSR count). The summed E-state index contributed by atoms with van der Waals surface area (Å²) >= 11 is 0. The monoisotopic (exact) mass is 190 g/mol. The molecule has 0 fully saturated rings. The number of aromatic nitrogens is 4. The third-order valence-corrected chi connectivity index (χ3v) is 2.45. The van der Waals surface area contributed by atoms with E-state index in [2.05, 4.69) is 33.8 Å². The first kappa shape index (κ1) is 9.12. The van der Waals surface area contributed by atoms with Crippen molar-refractivity contribution in [2.24, 2.45) is 5.92 Å². The van der Waals surface area contributed by atoms with Gasteiger partial charge < -0.3 is 4.98 Å². The lowest BCUT2D eigenvalue weighted by Gasteiger charge is -2.03. The van der Waals surface area contributed by atoms with Crippen LogP contribution >= 0.6 is 0 Å². The molecule has 0 radical (unpaired) electrons. The first-order chi connectivity index (χ1) is 6.79. The van der Waals surface area contributed by atoms with Gasteiger partial charge >= 0.3 is 0 Å². The summed E-state index contributed by atoms with van der Waals surface area (Å²) in [6.45, 7) is 4.41. The molecule has 1 N–H and O–H groups in total. The van der Waals surface area contributed by atoms with Gasteiger partial charge in [0.15, 0.2) is 5.65 Å². The van der Waals surface area contributed by atoms with E-state index >= 15 is 0 Å². The summed E-state index contributed by atoms with van der Waals surface area (Å²) in [6.07, 6.45) is 5.43. The Hall–Kier alpha value is -1.45. The molecule has 1 atom stereocenters. The maximum atomic E-state index is 4.39. The number of aromatic amines is 1. The highest BCUT2D eigenvalue weighted by Gasteiger charge is 2.06. The number of H-pyrrole nitrogens is 1. The second-order valence-electron chi connectivity index (χ2n) is 3.66. The predicted octanol–water partition coefficient (Wildman–Crippen LogP) is 1.94. The molecule has 1 unspecified atom stereocenters. The van der Waals surface area contributed by atoms with E-state index in [0.717, 1.165) is 23.4 Å². The molecule has 2 aromatic rings. The minimum atomic E-state index is 0.656. The Balaban J connectivity index is 2.27. The largest absolute Gasteiger partial charge is 0.339 e. The Morgan fingerprint density at radius 1 is 1.50 bits per heavy atom. The maximum absolute atomic E-state index is 4.39. The molecular formula is C10H14N4. The van der Waals surface area contributed by atoms with Crippen LogP contribution in [0.5, 0.6) is 0 Å². The average Bonchev–Trinajstić information content (AvgIpc) is 2.59. The maximum Gasteiger partial charge on any atom is 0.180 e. The molecule has 0 aliphatic heterocycles. The van der Waals surface area contributed by atoms with Crippen LogP contribution in [0.15, 0.2) is 12.5 Å². The van der Waals surface area contributed by atoms with E-state index in [-0.39, 0.29) is 0 Å². The molecule has 0 aliphatic carbocycles. The third-order valence-electron chi connectivity index (χ3n) is 2.45. The van der Waals surface area contributed by atoms with Crippen LogP contribution in [0.4, 0.5) is 0 Å². The van der Waals surface area contributed by atoms with Crippen molar-refractivity contribution in [1.29, 1.82) is 0 Å². The van der Waals surface area contributed by atoms with E-state index in [9.17, 15) is 0 Å². The highest BCUT2D eigenvalue weighted by molar-refractivity contribution is 5.68. The smallest absolute Gasteiger partial charge is 0.180 e. The van der Waals surface area contributed by atoms with E-state index in [4.69, 9.17) is 0 Å². The lowest BCUT2D eigenvalue weighted by Crippen LogP contribution is -1.99. The van der Waals surface area contributed by atoms with Crippen LogP contribution < -0.4 is 0 Å². The summed E-state index contributed by atoms with van der Waals surface area (Å²) in [4.78, 5) is 15.6. The van der Waals surface area contributed by atoms with E-state index in [1.54, 1.807) is 6.20 Å². The molecule has 4 nitrogen and oxygen atoms in total. The Morgan fingerprint density at radius 2 is 2.36 bits per heavy atom. The second-order valence-corrected chi connectivity index (χ2v) is 3.66. The van der Waals surface area contributed by atoms with Crippen LogP contribution in [0.1, 0.15) is 26.1 Å². The van der Waals surface area contributed by atoms with Crippen molar-refractivity contribution in [3.63, 3.8) is 0 Å². The summed E-state index contributed by atoms with van der Waals surface area (Å²) in [7, 11) is 0. The van der Waals surface area contributed by atoms with Gasteiger partial charge in [-0.15, -0.1) is 0 Å². The van der Waals surface area contributed by atoms with Gasteiger partial charge in [0.1, 0.15) is 17.7 Å². The number of rotatable bonds is 3. The Kier molecular flexibility index (Phi) is 2.43. The van der Waals surface area contributed by atoms with Gasteiger partial charge in [-0.3, -0.25) is 0 Å². The molecule has 0 saturated carbocycles. The summed E-state index contributed by atoms with van der Waals surface area (Å²) in [5.41, 5.74) is 1.68. The molecule has 14 heavy (non-hydrogen) atoms. The summed E-state index contributed by atoms with van der Waals surface area (Å²) in [5.74, 6) is 1.67. The quantitative estimate of drug-likeness (QED) is 0.804. The van der Waals surface area contributed by atoms with Gasteiger partial charge in [-0.2, -0.15) is 0 Å². The molecule has 0 aliphatic rings. The fourth-order valence-corrected chi connectivity index (χ4v) is 1.38. The van der Waals surface area contributed by atoms with Gasteiger partial charge in [0.05, 0.1) is 6.20 Å². The highest BCUT2D eigenvalue weighted by atomic mass is 15.0. The first-order valence-corrected chi connectivity index (χ1v) is 4.94. The fraction of sp³-hybridized carbons (Fsp3) is 0.500. The Bertz CT molecular complexity index is 388. The summed E-state index contributed by atoms with van der Waals surface area (Å²) < 4.78 is 0. The molecule has 0 bridgehead atoms. The zero-order chi connectivity index (χ0) is 9.97. The van der Waals surface area contributed by atoms with Crippen molar-refractivity contribution in [3.05, 3.63) is 18.3 Å². The minimum Gasteiger partial charge on any atom is -0.339 e. The molecular weight excluding hydrogens is 176 g/mol. The lowest BCUT2D eigenvalue weighted by molar-refractivity contribution is 0.547. The predicted molar refractivity (Wildman–Crippen MR) is 54.8 cm³/mol. The van der Waals surface area contributed by atoms with Gasteiger partial charge in [-0.05, 0) is 5.92 Å². The van der Waals surface area contributed by atoms with Gasteiger partial charge in [-0.25, -0.2) is 15.0 Å². The number of imidazole rings is 1. The zero-order valence-electron chi connectivity index (χ0n) is 8.49. The standard InChI is InChI=1S/C10H14N4/c1-3-7(2)4-9-13-8-5-11-6-12-10(8)14-9/h5-7H,3-4H2,1-2H3,(H,11,12,13,14). The summed E-state index contributed by atoms with van der Waals surface area (Å²) in [6, 6.07) is 0. The molecule has 0 spiro atoms. The van der Waals surface area contributed by atoms with Crippen molar-refractivity contribution in [2.75, 3.05) is 0 Å². The van der Waals surface area contributed by atoms with Crippen molar-refractivity contribution in [3.8, 4) is 0 Å². The highest BCUT2D eigenvalue weighted by Crippen LogP contribution is 2.11. The lowest BCUT2D eigenvalue weighted by atomic mass is 10.1. The fourth-order valence-electron chi connectivity index (χ4n) is 1.38. The average molecular weight is 190 g/mol. The van der Waals surface area contributed by atoms with E-state index in [1.165, 1.54) is 12.7 Å². The van der Waals surface area contributed by atoms with Gasteiger partial charge in [0.2, 0.25) is 0 Å². The van der Waals surface area contributed by atoms with Crippen LogP contribution in [-0.4, -0.2) is 19.9 Å². The Labute approximate surface area is 82.8 Å². The van der Waals surface area contributed by atoms with E-state index in [0.29, 0.717) is 5.92 Å². The molecule has 0 saturated heterocycles. The van der Waals surface area contributed by atoms with Crippen molar-refractivity contribution in [1.82, 2.24) is 19.9 Å². The van der Waals surface area contributed by atoms with Crippen LogP contribution in [0.2, 0.25) is 0 Å². The third kappa shape index (κ3) is 1.73. The topological polar surface area (TPSA) is 54.5 Å². The van der Waals surface area contributed by atoms with Crippen molar-refractivity contribution >= 4 is 11.2 Å². The number of fused-ring (bicyclic) bond motifs is 1. The molecule has 2 heterocycles. The molecule has 2 aromatic heterocycles. The molecule has 4 heteroatoms. The van der Waals surface area contributed by atoms with Crippen molar-refractivity contribution < 1.29 is 0 Å². The molecule has 0 amide bonds. The van der Waals surface area contributed by atoms with Crippen LogP contribution in [0.25, 0.3) is 11.2 Å². The van der Waals surface area contributed by atoms with E-state index < -0.39 is 0 Å². The van der Waals surface area contributed by atoms with Crippen LogP contribution in [-0.2, 0) is 6.42 Å². The second kappa shape index (κ2) is 3.74. The van der Waals surface area contributed by atoms with Crippen molar-refractivity contribution in [2.45, 2.75) is 26.7 Å². The van der Waals surface area contributed by atoms with Crippen LogP contribution in [0, 0.1) is 5.92 Å². The van der Waals surface area contributed by atoms with Gasteiger partial charge in [0, 0.05) is 6.42 Å². The van der Waals surface area contributed by atoms with Crippen LogP contribution in [0.3, 0.4) is 0 Å². The molecule has 74 valence electrons. The SMILES string of the molecule is CCC(C)Cc1nc2ncncc2[nH]1.